The van der Waals surface area contributed by atoms with Crippen molar-refractivity contribution in [2.24, 2.45) is 0 Å². The van der Waals surface area contributed by atoms with Gasteiger partial charge in [-0.05, 0) is 48.4 Å². The molecule has 3 aromatic carbocycles. The van der Waals surface area contributed by atoms with Crippen LogP contribution >= 0.6 is 7.60 Å². The minimum Gasteiger partial charge on any atom is -0.305 e. The highest BCUT2D eigenvalue weighted by molar-refractivity contribution is 7.62. The van der Waals surface area contributed by atoms with Crippen molar-refractivity contribution in [3.05, 3.63) is 66.0 Å². The lowest BCUT2D eigenvalue weighted by atomic mass is 9.95. The number of benzene rings is 3. The zero-order valence-electron chi connectivity index (χ0n) is 15.1. The van der Waals surface area contributed by atoms with Crippen molar-refractivity contribution in [2.45, 2.75) is 13.8 Å². The zero-order chi connectivity index (χ0) is 19.4. The van der Waals surface area contributed by atoms with Crippen molar-refractivity contribution in [1.29, 1.82) is 0 Å². The molecule has 0 spiro atoms. The summed E-state index contributed by atoms with van der Waals surface area (Å²) in [5.41, 5.74) is 1.21. The maximum Gasteiger partial charge on any atom is 0.361 e. The predicted molar refractivity (Wildman–Crippen MR) is 105 cm³/mol. The molecule has 0 aromatic heterocycles. The number of fused-ring (bicyclic) bond motifs is 1. The van der Waals surface area contributed by atoms with Crippen LogP contribution in [-0.4, -0.2) is 19.5 Å². The summed E-state index contributed by atoms with van der Waals surface area (Å²) in [6.45, 7) is 3.88. The molecule has 0 radical (unpaired) electrons. The molecule has 0 aliphatic rings. The smallest absolute Gasteiger partial charge is 0.305 e. The molecule has 0 saturated heterocycles. The molecule has 0 N–H and O–H groups in total. The molecule has 0 saturated carbocycles. The third-order valence-electron chi connectivity index (χ3n) is 4.21. The van der Waals surface area contributed by atoms with Gasteiger partial charge in [0.1, 0.15) is 5.82 Å². The summed E-state index contributed by atoms with van der Waals surface area (Å²) < 4.78 is 38.3. The first-order valence-corrected chi connectivity index (χ1v) is 10.2. The molecule has 140 valence electrons. The van der Waals surface area contributed by atoms with E-state index in [1.807, 2.05) is 30.3 Å². The number of carbonyl (C=O) groups excluding carboxylic acids is 1. The molecule has 6 heteroatoms. The Bertz CT molecular complexity index is 1020. The van der Waals surface area contributed by atoms with E-state index < -0.39 is 13.4 Å². The molecule has 0 aliphatic carbocycles. The lowest BCUT2D eigenvalue weighted by Gasteiger charge is -2.22. The number of hydrogen-bond donors (Lipinski definition) is 0. The van der Waals surface area contributed by atoms with Gasteiger partial charge in [-0.2, -0.15) is 0 Å². The molecule has 0 aliphatic heterocycles. The van der Waals surface area contributed by atoms with Gasteiger partial charge in [-0.15, -0.1) is 0 Å². The summed E-state index contributed by atoms with van der Waals surface area (Å²) in [6.07, 6.45) is 0.594. The number of halogens is 1. The third-order valence-corrected chi connectivity index (χ3v) is 6.37. The highest BCUT2D eigenvalue weighted by atomic mass is 31.2. The summed E-state index contributed by atoms with van der Waals surface area (Å²) in [4.78, 5) is 11.6. The molecule has 0 atom stereocenters. The summed E-state index contributed by atoms with van der Waals surface area (Å²) in [5.74, 6) is -0.513. The van der Waals surface area contributed by atoms with Crippen LogP contribution in [0.1, 0.15) is 24.2 Å². The van der Waals surface area contributed by atoms with Gasteiger partial charge in [0.2, 0.25) is 0 Å². The van der Waals surface area contributed by atoms with Crippen LogP contribution in [0.4, 0.5) is 4.39 Å². The first-order chi connectivity index (χ1) is 13.0. The number of hydrogen-bond acceptors (Lipinski definition) is 4. The Hall–Kier alpha value is -2.33. The Morgan fingerprint density at radius 2 is 1.70 bits per heavy atom. The summed E-state index contributed by atoms with van der Waals surface area (Å²) in [6, 6.07) is 15.0. The maximum atomic E-state index is 13.7. The molecule has 0 fully saturated rings. The van der Waals surface area contributed by atoms with E-state index in [-0.39, 0.29) is 18.8 Å². The van der Waals surface area contributed by atoms with E-state index in [9.17, 15) is 13.8 Å². The van der Waals surface area contributed by atoms with Crippen LogP contribution in [-0.2, 0) is 13.6 Å². The van der Waals surface area contributed by atoms with Crippen LogP contribution in [0.5, 0.6) is 0 Å². The molecule has 0 heterocycles. The normalized spacial score (nSPS) is 11.7. The van der Waals surface area contributed by atoms with Crippen LogP contribution in [0.25, 0.3) is 21.9 Å². The Kier molecular flexibility index (Phi) is 5.85. The lowest BCUT2D eigenvalue weighted by molar-refractivity contribution is 0.112. The molecule has 0 amide bonds. The van der Waals surface area contributed by atoms with E-state index in [0.29, 0.717) is 22.7 Å². The van der Waals surface area contributed by atoms with Gasteiger partial charge in [-0.1, -0.05) is 36.4 Å². The lowest BCUT2D eigenvalue weighted by Crippen LogP contribution is -2.14. The van der Waals surface area contributed by atoms with Crippen LogP contribution in [0.2, 0.25) is 0 Å². The summed E-state index contributed by atoms with van der Waals surface area (Å²) in [5, 5.41) is 2.04. The molecule has 3 aromatic rings. The fourth-order valence-electron chi connectivity index (χ4n) is 3.15. The largest absolute Gasteiger partial charge is 0.361 e. The maximum absolute atomic E-state index is 13.7. The number of aldehydes is 1. The van der Waals surface area contributed by atoms with E-state index in [1.54, 1.807) is 19.9 Å². The molecule has 4 nitrogen and oxygen atoms in total. The molecule has 0 bridgehead atoms. The Morgan fingerprint density at radius 3 is 2.37 bits per heavy atom. The van der Waals surface area contributed by atoms with Crippen LogP contribution in [0, 0.1) is 5.82 Å². The van der Waals surface area contributed by atoms with Crippen molar-refractivity contribution in [1.82, 2.24) is 0 Å². The average molecular weight is 386 g/mol. The van der Waals surface area contributed by atoms with E-state index in [2.05, 4.69) is 0 Å². The van der Waals surface area contributed by atoms with Gasteiger partial charge in [-0.25, -0.2) is 4.39 Å². The molecular formula is C21H20FO4P. The van der Waals surface area contributed by atoms with Gasteiger partial charge < -0.3 is 9.05 Å². The first kappa shape index (κ1) is 19.4. The fourth-order valence-corrected chi connectivity index (χ4v) is 4.95. The van der Waals surface area contributed by atoms with Gasteiger partial charge in [0.15, 0.2) is 6.29 Å². The average Bonchev–Trinajstić information content (AvgIpc) is 2.67. The Morgan fingerprint density at radius 1 is 1.00 bits per heavy atom. The van der Waals surface area contributed by atoms with E-state index in [4.69, 9.17) is 9.05 Å². The molecule has 3 rings (SSSR count). The zero-order valence-corrected chi connectivity index (χ0v) is 16.0. The van der Waals surface area contributed by atoms with Gasteiger partial charge in [0, 0.05) is 11.1 Å². The quantitative estimate of drug-likeness (QED) is 0.406. The Balaban J connectivity index is 2.42. The van der Waals surface area contributed by atoms with Crippen molar-refractivity contribution >= 4 is 30.0 Å². The highest BCUT2D eigenvalue weighted by Gasteiger charge is 2.31. The van der Waals surface area contributed by atoms with Crippen molar-refractivity contribution in [3.63, 3.8) is 0 Å². The van der Waals surface area contributed by atoms with Gasteiger partial charge in [0.25, 0.3) is 0 Å². The minimum atomic E-state index is -3.63. The van der Waals surface area contributed by atoms with Crippen molar-refractivity contribution in [2.75, 3.05) is 13.2 Å². The second kappa shape index (κ2) is 8.13. The Labute approximate surface area is 157 Å². The monoisotopic (exact) mass is 386 g/mol. The minimum absolute atomic E-state index is 0.173. The van der Waals surface area contributed by atoms with Crippen molar-refractivity contribution < 1.29 is 22.8 Å². The molecule has 27 heavy (non-hydrogen) atoms. The van der Waals surface area contributed by atoms with E-state index in [1.165, 1.54) is 18.2 Å². The van der Waals surface area contributed by atoms with Crippen LogP contribution < -0.4 is 5.30 Å². The molecule has 0 unspecified atom stereocenters. The van der Waals surface area contributed by atoms with Gasteiger partial charge in [0.05, 0.1) is 18.5 Å². The standard InChI is InChI=1S/C21H20FO4P/c1-3-25-27(24,26-4-2)20-12-9-15-7-5-6-8-18(15)21(20)19-11-10-17(22)13-16(19)14-23/h5-14H,3-4H2,1-2H3. The van der Waals surface area contributed by atoms with Crippen LogP contribution in [0.15, 0.2) is 54.6 Å². The predicted octanol–water partition coefficient (Wildman–Crippen LogP) is 5.35. The second-order valence-electron chi connectivity index (χ2n) is 5.86. The second-order valence-corrected chi connectivity index (χ2v) is 7.86. The van der Waals surface area contributed by atoms with Crippen LogP contribution in [0.3, 0.4) is 0 Å². The topological polar surface area (TPSA) is 52.6 Å². The van der Waals surface area contributed by atoms with E-state index >= 15 is 0 Å². The molecular weight excluding hydrogens is 366 g/mol. The van der Waals surface area contributed by atoms with Crippen molar-refractivity contribution in [3.8, 4) is 11.1 Å². The van der Waals surface area contributed by atoms with Gasteiger partial charge >= 0.3 is 7.60 Å². The number of carbonyl (C=O) groups is 1. The third kappa shape index (κ3) is 3.72. The van der Waals surface area contributed by atoms with E-state index in [0.717, 1.165) is 10.8 Å². The fraction of sp³-hybridized carbons (Fsp3) is 0.190. The summed E-state index contributed by atoms with van der Waals surface area (Å²) >= 11 is 0. The summed E-state index contributed by atoms with van der Waals surface area (Å²) in [7, 11) is -3.63. The first-order valence-electron chi connectivity index (χ1n) is 8.70. The highest BCUT2D eigenvalue weighted by Crippen LogP contribution is 2.50. The van der Waals surface area contributed by atoms with Gasteiger partial charge in [-0.3, -0.25) is 9.36 Å². The number of rotatable bonds is 7. The SMILES string of the molecule is CCOP(=O)(OCC)c1ccc2ccccc2c1-c1ccc(F)cc1C=O.